The lowest BCUT2D eigenvalue weighted by Gasteiger charge is -2.22. The third kappa shape index (κ3) is 4.41. The van der Waals surface area contributed by atoms with Gasteiger partial charge >= 0.3 is 0 Å². The predicted octanol–water partition coefficient (Wildman–Crippen LogP) is 4.60. The van der Waals surface area contributed by atoms with E-state index >= 15 is 0 Å². The van der Waals surface area contributed by atoms with Gasteiger partial charge in [-0.2, -0.15) is 0 Å². The van der Waals surface area contributed by atoms with Crippen molar-refractivity contribution in [2.75, 3.05) is 0 Å². The largest absolute Gasteiger partial charge is 0.481 e. The van der Waals surface area contributed by atoms with Crippen LogP contribution in [-0.4, -0.2) is 12.0 Å². The van der Waals surface area contributed by atoms with Crippen LogP contribution in [0.1, 0.15) is 55.8 Å². The molecule has 1 amide bonds. The molecule has 132 valence electrons. The average molecular weight is 337 g/mol. The van der Waals surface area contributed by atoms with Crippen molar-refractivity contribution in [1.29, 1.82) is 0 Å². The smallest absolute Gasteiger partial charge is 0.261 e. The fourth-order valence-electron chi connectivity index (χ4n) is 3.44. The second-order valence-corrected chi connectivity index (χ2v) is 6.78. The Morgan fingerprint density at radius 3 is 2.52 bits per heavy atom. The zero-order valence-corrected chi connectivity index (χ0v) is 15.1. The molecule has 0 saturated heterocycles. The van der Waals surface area contributed by atoms with E-state index in [9.17, 15) is 4.79 Å². The van der Waals surface area contributed by atoms with Crippen molar-refractivity contribution in [1.82, 2.24) is 5.32 Å². The number of fused-ring (bicyclic) bond motifs is 1. The quantitative estimate of drug-likeness (QED) is 0.836. The van der Waals surface area contributed by atoms with Crippen molar-refractivity contribution in [2.24, 2.45) is 0 Å². The summed E-state index contributed by atoms with van der Waals surface area (Å²) in [5.74, 6) is 0.712. The van der Waals surface area contributed by atoms with Crippen LogP contribution in [0, 0.1) is 0 Å². The lowest BCUT2D eigenvalue weighted by molar-refractivity contribution is -0.128. The molecular formula is C22H27NO2. The van der Waals surface area contributed by atoms with E-state index in [0.717, 1.165) is 30.6 Å². The molecule has 0 bridgehead atoms. The molecule has 3 nitrogen and oxygen atoms in total. The number of amides is 1. The first-order valence-electron chi connectivity index (χ1n) is 9.31. The zero-order chi connectivity index (χ0) is 17.6. The molecule has 25 heavy (non-hydrogen) atoms. The summed E-state index contributed by atoms with van der Waals surface area (Å²) in [5, 5.41) is 3.10. The van der Waals surface area contributed by atoms with Gasteiger partial charge in [0, 0.05) is 0 Å². The Hall–Kier alpha value is -2.29. The van der Waals surface area contributed by atoms with Crippen molar-refractivity contribution < 1.29 is 9.53 Å². The number of hydrogen-bond acceptors (Lipinski definition) is 2. The number of carbonyl (C=O) groups is 1. The van der Waals surface area contributed by atoms with Gasteiger partial charge in [0.25, 0.3) is 5.91 Å². The van der Waals surface area contributed by atoms with Crippen LogP contribution in [0.15, 0.2) is 48.5 Å². The Morgan fingerprint density at radius 1 is 1.08 bits per heavy atom. The highest BCUT2D eigenvalue weighted by Crippen LogP contribution is 2.26. The number of nitrogens with one attached hydrogen (secondary N) is 1. The average Bonchev–Trinajstić information content (AvgIpc) is 2.66. The van der Waals surface area contributed by atoms with Crippen LogP contribution in [-0.2, 0) is 17.6 Å². The number of benzene rings is 2. The van der Waals surface area contributed by atoms with E-state index in [1.54, 1.807) is 0 Å². The van der Waals surface area contributed by atoms with E-state index in [0.29, 0.717) is 0 Å². The van der Waals surface area contributed by atoms with Crippen molar-refractivity contribution in [2.45, 2.75) is 58.1 Å². The molecule has 0 unspecified atom stereocenters. The molecule has 1 aliphatic rings. The van der Waals surface area contributed by atoms with E-state index in [-0.39, 0.29) is 11.9 Å². The molecule has 2 aromatic rings. The minimum absolute atomic E-state index is 0.0169. The van der Waals surface area contributed by atoms with Gasteiger partial charge in [-0.05, 0) is 67.9 Å². The van der Waals surface area contributed by atoms with Gasteiger partial charge in [0.1, 0.15) is 5.75 Å². The van der Waals surface area contributed by atoms with Crippen LogP contribution in [0.25, 0.3) is 0 Å². The van der Waals surface area contributed by atoms with Gasteiger partial charge in [-0.25, -0.2) is 0 Å². The first kappa shape index (κ1) is 17.5. The summed E-state index contributed by atoms with van der Waals surface area (Å²) in [6.45, 7) is 3.89. The number of hydrogen-bond donors (Lipinski definition) is 1. The van der Waals surface area contributed by atoms with E-state index in [2.05, 4.69) is 24.4 Å². The summed E-state index contributed by atoms with van der Waals surface area (Å²) in [4.78, 5) is 12.5. The number of aryl methyl sites for hydroxylation is 2. The second kappa shape index (κ2) is 8.19. The Kier molecular flexibility index (Phi) is 5.75. The van der Waals surface area contributed by atoms with Gasteiger partial charge < -0.3 is 10.1 Å². The molecule has 0 fully saturated rings. The fourth-order valence-corrected chi connectivity index (χ4v) is 3.44. The van der Waals surface area contributed by atoms with Gasteiger partial charge in [0.2, 0.25) is 0 Å². The Bertz CT molecular complexity index is 711. The standard InChI is InChI=1S/C22H27NO2/c1-3-21(18-10-5-4-6-11-18)23-22(24)16(2)25-20-14-13-17-9-7-8-12-19(17)15-20/h4-6,10-11,13-16,21H,3,7-9,12H2,1-2H3,(H,23,24)/t16-,21+/m1/s1. The van der Waals surface area contributed by atoms with Gasteiger partial charge in [-0.3, -0.25) is 4.79 Å². The molecular weight excluding hydrogens is 310 g/mol. The first-order valence-corrected chi connectivity index (χ1v) is 9.31. The van der Waals surface area contributed by atoms with Crippen molar-refractivity contribution >= 4 is 5.91 Å². The van der Waals surface area contributed by atoms with Crippen LogP contribution in [0.4, 0.5) is 0 Å². The van der Waals surface area contributed by atoms with Crippen LogP contribution in [0.5, 0.6) is 5.75 Å². The van der Waals surface area contributed by atoms with Crippen LogP contribution in [0.2, 0.25) is 0 Å². The maximum absolute atomic E-state index is 12.5. The molecule has 0 saturated carbocycles. The molecule has 0 aromatic heterocycles. The number of carbonyl (C=O) groups excluding carboxylic acids is 1. The van der Waals surface area contributed by atoms with Gasteiger partial charge in [0.15, 0.2) is 6.10 Å². The van der Waals surface area contributed by atoms with E-state index in [1.165, 1.54) is 24.0 Å². The number of rotatable bonds is 6. The third-order valence-corrected chi connectivity index (χ3v) is 4.93. The van der Waals surface area contributed by atoms with Crippen molar-refractivity contribution in [3.63, 3.8) is 0 Å². The zero-order valence-electron chi connectivity index (χ0n) is 15.1. The molecule has 3 rings (SSSR count). The summed E-state index contributed by atoms with van der Waals surface area (Å²) in [6, 6.07) is 16.3. The number of ether oxygens (including phenoxy) is 1. The fraction of sp³-hybridized carbons (Fsp3) is 0.409. The van der Waals surface area contributed by atoms with Crippen LogP contribution < -0.4 is 10.1 Å². The molecule has 0 radical (unpaired) electrons. The minimum Gasteiger partial charge on any atom is -0.481 e. The van der Waals surface area contributed by atoms with Crippen molar-refractivity contribution in [3.05, 3.63) is 65.2 Å². The Labute approximate surface area is 150 Å². The van der Waals surface area contributed by atoms with E-state index in [4.69, 9.17) is 4.74 Å². The highest BCUT2D eigenvalue weighted by Gasteiger charge is 2.20. The van der Waals surface area contributed by atoms with E-state index in [1.807, 2.05) is 43.3 Å². The lowest BCUT2D eigenvalue weighted by atomic mass is 9.92. The van der Waals surface area contributed by atoms with Gasteiger partial charge in [0.05, 0.1) is 6.04 Å². The molecule has 0 spiro atoms. The molecule has 0 aliphatic heterocycles. The molecule has 3 heteroatoms. The summed E-state index contributed by atoms with van der Waals surface area (Å²) < 4.78 is 5.91. The molecule has 1 aliphatic carbocycles. The maximum Gasteiger partial charge on any atom is 0.261 e. The highest BCUT2D eigenvalue weighted by atomic mass is 16.5. The first-order chi connectivity index (χ1) is 12.2. The predicted molar refractivity (Wildman–Crippen MR) is 101 cm³/mol. The Balaban J connectivity index is 1.62. The van der Waals surface area contributed by atoms with Crippen LogP contribution >= 0.6 is 0 Å². The van der Waals surface area contributed by atoms with Gasteiger partial charge in [-0.15, -0.1) is 0 Å². The molecule has 0 heterocycles. The summed E-state index contributed by atoms with van der Waals surface area (Å²) >= 11 is 0. The molecule has 2 aromatic carbocycles. The summed E-state index contributed by atoms with van der Waals surface area (Å²) in [7, 11) is 0. The third-order valence-electron chi connectivity index (χ3n) is 4.93. The SMILES string of the molecule is CC[C@H](NC(=O)[C@@H](C)Oc1ccc2c(c1)CCCC2)c1ccccc1. The monoisotopic (exact) mass is 337 g/mol. The molecule has 1 N–H and O–H groups in total. The lowest BCUT2D eigenvalue weighted by Crippen LogP contribution is -2.38. The van der Waals surface area contributed by atoms with E-state index < -0.39 is 6.10 Å². The maximum atomic E-state index is 12.5. The topological polar surface area (TPSA) is 38.3 Å². The van der Waals surface area contributed by atoms with Gasteiger partial charge in [-0.1, -0.05) is 43.3 Å². The summed E-state index contributed by atoms with van der Waals surface area (Å²) in [6.07, 6.45) is 5.10. The normalized spacial score (nSPS) is 15.8. The minimum atomic E-state index is -0.514. The molecule has 2 atom stereocenters. The van der Waals surface area contributed by atoms with Crippen LogP contribution in [0.3, 0.4) is 0 Å². The summed E-state index contributed by atoms with van der Waals surface area (Å²) in [5.41, 5.74) is 3.91. The second-order valence-electron chi connectivity index (χ2n) is 6.78. The highest BCUT2D eigenvalue weighted by molar-refractivity contribution is 5.81. The Morgan fingerprint density at radius 2 is 1.80 bits per heavy atom. The van der Waals surface area contributed by atoms with Crippen molar-refractivity contribution in [3.8, 4) is 5.75 Å².